The largest absolute Gasteiger partial charge is 0.311 e. The van der Waals surface area contributed by atoms with Crippen molar-refractivity contribution >= 4 is 15.9 Å². The molecule has 0 heterocycles. The average Bonchev–Trinajstić information content (AvgIpc) is 2.47. The first-order valence-electron chi connectivity index (χ1n) is 6.94. The van der Waals surface area contributed by atoms with Gasteiger partial charge in [-0.2, -0.15) is 0 Å². The number of benzene rings is 2. The van der Waals surface area contributed by atoms with E-state index in [0.29, 0.717) is 12.1 Å². The van der Waals surface area contributed by atoms with Gasteiger partial charge in [0.25, 0.3) is 0 Å². The quantitative estimate of drug-likeness (QED) is 0.847. The fourth-order valence-electron chi connectivity index (χ4n) is 2.30. The van der Waals surface area contributed by atoms with Crippen molar-refractivity contribution in [2.45, 2.75) is 12.6 Å². The third-order valence-electron chi connectivity index (χ3n) is 3.47. The van der Waals surface area contributed by atoms with E-state index >= 15 is 0 Å². The number of halogens is 2. The molecule has 2 aromatic carbocycles. The van der Waals surface area contributed by atoms with Crippen LogP contribution in [0.15, 0.2) is 53.0 Å². The maximum atomic E-state index is 13.7. The normalized spacial score (nSPS) is 12.6. The molecule has 4 heteroatoms. The number of hydrogen-bond acceptors (Lipinski definition) is 2. The van der Waals surface area contributed by atoms with Crippen molar-refractivity contribution in [3.8, 4) is 0 Å². The Bertz CT molecular complexity index is 572. The van der Waals surface area contributed by atoms with E-state index in [-0.39, 0.29) is 11.9 Å². The summed E-state index contributed by atoms with van der Waals surface area (Å²) in [6, 6.07) is 15.6. The molecule has 0 bridgehead atoms. The van der Waals surface area contributed by atoms with Crippen LogP contribution in [0.4, 0.5) is 4.39 Å². The zero-order chi connectivity index (χ0) is 15.2. The Morgan fingerprint density at radius 1 is 1.14 bits per heavy atom. The molecule has 0 amide bonds. The molecule has 2 rings (SSSR count). The van der Waals surface area contributed by atoms with Crippen molar-refractivity contribution in [1.29, 1.82) is 0 Å². The minimum atomic E-state index is -0.174. The number of nitrogens with one attached hydrogen (secondary N) is 1. The predicted molar refractivity (Wildman–Crippen MR) is 88.7 cm³/mol. The zero-order valence-electron chi connectivity index (χ0n) is 12.3. The maximum Gasteiger partial charge on any atom is 0.127 e. The van der Waals surface area contributed by atoms with Gasteiger partial charge in [-0.05, 0) is 37.9 Å². The molecule has 0 radical (unpaired) electrons. The molecule has 21 heavy (non-hydrogen) atoms. The molecule has 0 aliphatic carbocycles. The van der Waals surface area contributed by atoms with Crippen molar-refractivity contribution < 1.29 is 4.39 Å². The number of rotatable bonds is 6. The smallest absolute Gasteiger partial charge is 0.127 e. The standard InChI is InChI=1S/C17H20BrFN2/c1-21(2)17(13-6-4-3-5-7-13)12-20-11-14-10-15(18)8-9-16(14)19/h3-10,17,20H,11-12H2,1-2H3. The van der Waals surface area contributed by atoms with Crippen LogP contribution in [0.25, 0.3) is 0 Å². The number of nitrogens with zero attached hydrogens (tertiary/aromatic N) is 1. The first-order valence-corrected chi connectivity index (χ1v) is 7.73. The highest BCUT2D eigenvalue weighted by molar-refractivity contribution is 9.10. The molecule has 0 spiro atoms. The summed E-state index contributed by atoms with van der Waals surface area (Å²) >= 11 is 3.37. The van der Waals surface area contributed by atoms with Gasteiger partial charge < -0.3 is 10.2 Å². The van der Waals surface area contributed by atoms with Gasteiger partial charge in [0.15, 0.2) is 0 Å². The molecule has 0 saturated heterocycles. The molecule has 112 valence electrons. The second-order valence-electron chi connectivity index (χ2n) is 5.26. The fraction of sp³-hybridized carbons (Fsp3) is 0.294. The van der Waals surface area contributed by atoms with Gasteiger partial charge in [-0.15, -0.1) is 0 Å². The van der Waals surface area contributed by atoms with Crippen LogP contribution in [0.1, 0.15) is 17.2 Å². The molecular formula is C17H20BrFN2. The Labute approximate surface area is 134 Å². The van der Waals surface area contributed by atoms with Gasteiger partial charge in [-0.1, -0.05) is 46.3 Å². The lowest BCUT2D eigenvalue weighted by Crippen LogP contribution is -2.31. The Morgan fingerprint density at radius 2 is 1.86 bits per heavy atom. The zero-order valence-corrected chi connectivity index (χ0v) is 13.9. The van der Waals surface area contributed by atoms with Gasteiger partial charge in [0.2, 0.25) is 0 Å². The summed E-state index contributed by atoms with van der Waals surface area (Å²) in [5.74, 6) is -0.174. The lowest BCUT2D eigenvalue weighted by molar-refractivity contribution is 0.288. The minimum Gasteiger partial charge on any atom is -0.311 e. The summed E-state index contributed by atoms with van der Waals surface area (Å²) in [4.78, 5) is 2.17. The van der Waals surface area contributed by atoms with E-state index in [1.54, 1.807) is 6.07 Å². The summed E-state index contributed by atoms with van der Waals surface area (Å²) in [5.41, 5.74) is 1.93. The van der Waals surface area contributed by atoms with Crippen LogP contribution >= 0.6 is 15.9 Å². The van der Waals surface area contributed by atoms with Crippen molar-refractivity contribution in [2.75, 3.05) is 20.6 Å². The lowest BCUT2D eigenvalue weighted by Gasteiger charge is -2.25. The van der Waals surface area contributed by atoms with Crippen molar-refractivity contribution in [1.82, 2.24) is 10.2 Å². The Balaban J connectivity index is 1.98. The van der Waals surface area contributed by atoms with E-state index in [1.807, 2.05) is 24.3 Å². The minimum absolute atomic E-state index is 0.174. The van der Waals surface area contributed by atoms with Crippen LogP contribution in [-0.2, 0) is 6.54 Å². The highest BCUT2D eigenvalue weighted by Gasteiger charge is 2.13. The molecule has 2 aromatic rings. The molecule has 1 unspecified atom stereocenters. The molecule has 0 saturated carbocycles. The van der Waals surface area contributed by atoms with E-state index in [4.69, 9.17) is 0 Å². The molecule has 0 aliphatic heterocycles. The summed E-state index contributed by atoms with van der Waals surface area (Å²) in [5, 5.41) is 3.35. The monoisotopic (exact) mass is 350 g/mol. The fourth-order valence-corrected chi connectivity index (χ4v) is 2.70. The van der Waals surface area contributed by atoms with Gasteiger partial charge in [0.05, 0.1) is 0 Å². The summed E-state index contributed by atoms with van der Waals surface area (Å²) < 4.78 is 14.6. The molecular weight excluding hydrogens is 331 g/mol. The summed E-state index contributed by atoms with van der Waals surface area (Å²) in [6.45, 7) is 1.28. The van der Waals surface area contributed by atoms with Crippen LogP contribution in [0.3, 0.4) is 0 Å². The van der Waals surface area contributed by atoms with E-state index in [1.165, 1.54) is 11.6 Å². The van der Waals surface area contributed by atoms with Crippen molar-refractivity contribution in [3.05, 3.63) is 69.9 Å². The Kier molecular flexibility index (Phi) is 5.91. The SMILES string of the molecule is CN(C)C(CNCc1cc(Br)ccc1F)c1ccccc1. The molecule has 2 nitrogen and oxygen atoms in total. The van der Waals surface area contributed by atoms with Gasteiger partial charge in [-0.25, -0.2) is 4.39 Å². The number of hydrogen-bond donors (Lipinski definition) is 1. The highest BCUT2D eigenvalue weighted by atomic mass is 79.9. The predicted octanol–water partition coefficient (Wildman–Crippen LogP) is 3.98. The third kappa shape index (κ3) is 4.63. The Morgan fingerprint density at radius 3 is 2.52 bits per heavy atom. The van der Waals surface area contributed by atoms with E-state index in [0.717, 1.165) is 11.0 Å². The number of likely N-dealkylation sites (N-methyl/N-ethyl adjacent to an activating group) is 1. The third-order valence-corrected chi connectivity index (χ3v) is 3.96. The van der Waals surface area contributed by atoms with Gasteiger partial charge in [-0.3, -0.25) is 0 Å². The molecule has 0 aliphatic rings. The summed E-state index contributed by atoms with van der Waals surface area (Å²) in [7, 11) is 4.11. The van der Waals surface area contributed by atoms with Gasteiger partial charge in [0, 0.05) is 29.2 Å². The Hall–Kier alpha value is -1.23. The topological polar surface area (TPSA) is 15.3 Å². The van der Waals surface area contributed by atoms with E-state index < -0.39 is 0 Å². The summed E-state index contributed by atoms with van der Waals surface area (Å²) in [6.07, 6.45) is 0. The van der Waals surface area contributed by atoms with Gasteiger partial charge >= 0.3 is 0 Å². The van der Waals surface area contributed by atoms with Gasteiger partial charge in [0.1, 0.15) is 5.82 Å². The molecule has 0 aromatic heterocycles. The lowest BCUT2D eigenvalue weighted by atomic mass is 10.1. The van der Waals surface area contributed by atoms with E-state index in [2.05, 4.69) is 52.4 Å². The molecule has 0 fully saturated rings. The van der Waals surface area contributed by atoms with E-state index in [9.17, 15) is 4.39 Å². The van der Waals surface area contributed by atoms with Crippen LogP contribution in [0, 0.1) is 5.82 Å². The van der Waals surface area contributed by atoms with Crippen LogP contribution < -0.4 is 5.32 Å². The average molecular weight is 351 g/mol. The second kappa shape index (κ2) is 7.69. The second-order valence-corrected chi connectivity index (χ2v) is 6.17. The van der Waals surface area contributed by atoms with Crippen LogP contribution in [-0.4, -0.2) is 25.5 Å². The first kappa shape index (κ1) is 16.1. The molecule has 1 atom stereocenters. The van der Waals surface area contributed by atoms with Crippen molar-refractivity contribution in [2.24, 2.45) is 0 Å². The first-order chi connectivity index (χ1) is 10.1. The molecule has 1 N–H and O–H groups in total. The highest BCUT2D eigenvalue weighted by Crippen LogP contribution is 2.18. The maximum absolute atomic E-state index is 13.7. The van der Waals surface area contributed by atoms with Crippen LogP contribution in [0.5, 0.6) is 0 Å². The van der Waals surface area contributed by atoms with Crippen molar-refractivity contribution in [3.63, 3.8) is 0 Å². The van der Waals surface area contributed by atoms with Crippen LogP contribution in [0.2, 0.25) is 0 Å².